The van der Waals surface area contributed by atoms with Gasteiger partial charge in [0.2, 0.25) is 0 Å². The number of ether oxygens (including phenoxy) is 1. The van der Waals surface area contributed by atoms with Gasteiger partial charge in [-0.1, -0.05) is 23.4 Å². The van der Waals surface area contributed by atoms with Crippen molar-refractivity contribution in [3.8, 4) is 17.1 Å². The van der Waals surface area contributed by atoms with E-state index in [4.69, 9.17) is 16.3 Å². The number of rotatable bonds is 5. The first-order valence-corrected chi connectivity index (χ1v) is 8.76. The Balaban J connectivity index is 1.76. The van der Waals surface area contributed by atoms with Crippen LogP contribution in [0.4, 0.5) is 0 Å². The number of methoxy groups -OCH3 is 1. The van der Waals surface area contributed by atoms with Crippen molar-refractivity contribution in [3.63, 3.8) is 0 Å². The number of nitrogens with zero attached hydrogens (tertiary/aromatic N) is 3. The highest BCUT2D eigenvalue weighted by Gasteiger charge is 2.12. The van der Waals surface area contributed by atoms with Crippen LogP contribution in [0.15, 0.2) is 41.6 Å². The third kappa shape index (κ3) is 3.29. The molecular weight excluding hydrogens is 338 g/mol. The molecule has 0 N–H and O–H groups in total. The van der Waals surface area contributed by atoms with Crippen LogP contribution in [0, 0.1) is 0 Å². The molecule has 0 atom stereocenters. The van der Waals surface area contributed by atoms with Crippen LogP contribution in [-0.2, 0) is 12.8 Å². The number of thioether (sulfide) groups is 1. The van der Waals surface area contributed by atoms with E-state index in [0.29, 0.717) is 0 Å². The van der Waals surface area contributed by atoms with Crippen molar-refractivity contribution in [2.24, 2.45) is 7.05 Å². The average molecular weight is 352 g/mol. The molecule has 0 unspecified atom stereocenters. The second-order valence-corrected chi connectivity index (χ2v) is 7.33. The molecule has 3 aromatic rings. The Morgan fingerprint density at radius 1 is 1.18 bits per heavy atom. The lowest BCUT2D eigenvalue weighted by atomic mass is 10.2. The van der Waals surface area contributed by atoms with Gasteiger partial charge in [-0.3, -0.25) is 0 Å². The first kappa shape index (κ1) is 15.4. The maximum atomic E-state index is 5.95. The van der Waals surface area contributed by atoms with Crippen molar-refractivity contribution in [1.82, 2.24) is 14.8 Å². The largest absolute Gasteiger partial charge is 0.497 e. The fourth-order valence-electron chi connectivity index (χ4n) is 2.00. The molecular formula is C15H14ClN3OS2. The number of halogens is 1. The van der Waals surface area contributed by atoms with Gasteiger partial charge in [0.15, 0.2) is 11.0 Å². The summed E-state index contributed by atoms with van der Waals surface area (Å²) in [7, 11) is 3.63. The van der Waals surface area contributed by atoms with Gasteiger partial charge in [0.05, 0.1) is 11.4 Å². The third-order valence-corrected chi connectivity index (χ3v) is 5.64. The molecule has 1 aromatic carbocycles. The lowest BCUT2D eigenvalue weighted by Crippen LogP contribution is -1.95. The fraction of sp³-hybridized carbons (Fsp3) is 0.200. The first-order valence-electron chi connectivity index (χ1n) is 6.58. The normalized spacial score (nSPS) is 10.9. The zero-order chi connectivity index (χ0) is 15.5. The van der Waals surface area contributed by atoms with E-state index in [-0.39, 0.29) is 0 Å². The second kappa shape index (κ2) is 6.73. The summed E-state index contributed by atoms with van der Waals surface area (Å²) in [6, 6.07) is 11.8. The Kier molecular flexibility index (Phi) is 4.71. The number of aromatic nitrogens is 3. The zero-order valence-corrected chi connectivity index (χ0v) is 14.5. The molecule has 2 aromatic heterocycles. The van der Waals surface area contributed by atoms with Gasteiger partial charge < -0.3 is 9.30 Å². The monoisotopic (exact) mass is 351 g/mol. The summed E-state index contributed by atoms with van der Waals surface area (Å²) >= 11 is 9.19. The van der Waals surface area contributed by atoms with Crippen LogP contribution in [0.25, 0.3) is 11.4 Å². The fourth-order valence-corrected chi connectivity index (χ4v) is 4.04. The molecule has 22 heavy (non-hydrogen) atoms. The van der Waals surface area contributed by atoms with Gasteiger partial charge in [0.25, 0.3) is 0 Å². The Morgan fingerprint density at radius 2 is 1.95 bits per heavy atom. The number of hydrogen-bond donors (Lipinski definition) is 0. The first-order chi connectivity index (χ1) is 10.7. The van der Waals surface area contributed by atoms with Crippen LogP contribution >= 0.6 is 34.7 Å². The second-order valence-electron chi connectivity index (χ2n) is 4.59. The summed E-state index contributed by atoms with van der Waals surface area (Å²) in [5.74, 6) is 2.51. The summed E-state index contributed by atoms with van der Waals surface area (Å²) in [6.07, 6.45) is 0. The lowest BCUT2D eigenvalue weighted by molar-refractivity contribution is 0.415. The van der Waals surface area contributed by atoms with Crippen molar-refractivity contribution in [3.05, 3.63) is 45.6 Å². The van der Waals surface area contributed by atoms with E-state index < -0.39 is 0 Å². The molecule has 0 amide bonds. The predicted octanol–water partition coefficient (Wildman–Crippen LogP) is 4.50. The zero-order valence-electron chi connectivity index (χ0n) is 12.1. The Morgan fingerprint density at radius 3 is 2.59 bits per heavy atom. The molecule has 3 rings (SSSR count). The van der Waals surface area contributed by atoms with E-state index in [1.807, 2.05) is 48.0 Å². The molecule has 4 nitrogen and oxygen atoms in total. The molecule has 0 aliphatic carbocycles. The molecule has 0 fully saturated rings. The molecule has 0 bridgehead atoms. The van der Waals surface area contributed by atoms with E-state index >= 15 is 0 Å². The Bertz CT molecular complexity index is 767. The average Bonchev–Trinajstić information content (AvgIpc) is 3.11. The van der Waals surface area contributed by atoms with Gasteiger partial charge >= 0.3 is 0 Å². The van der Waals surface area contributed by atoms with Crippen LogP contribution in [-0.4, -0.2) is 21.9 Å². The van der Waals surface area contributed by atoms with Crippen LogP contribution in [0.3, 0.4) is 0 Å². The summed E-state index contributed by atoms with van der Waals surface area (Å²) in [4.78, 5) is 1.23. The minimum atomic E-state index is 0.812. The highest BCUT2D eigenvalue weighted by molar-refractivity contribution is 7.98. The highest BCUT2D eigenvalue weighted by Crippen LogP contribution is 2.29. The molecule has 0 saturated heterocycles. The summed E-state index contributed by atoms with van der Waals surface area (Å²) in [6.45, 7) is 0. The van der Waals surface area contributed by atoms with Crippen molar-refractivity contribution in [2.75, 3.05) is 7.11 Å². The number of thiophene rings is 1. The summed E-state index contributed by atoms with van der Waals surface area (Å²) in [5, 5.41) is 9.45. The standard InChI is InChI=1S/C15H14ClN3OS2/c1-19-14(10-3-5-11(20-2)6-4-10)17-18-15(19)21-9-12-7-8-13(16)22-12/h3-8H,9H2,1-2H3. The van der Waals surface area contributed by atoms with Crippen LogP contribution in [0.5, 0.6) is 5.75 Å². The smallest absolute Gasteiger partial charge is 0.191 e. The highest BCUT2D eigenvalue weighted by atomic mass is 35.5. The van der Waals surface area contributed by atoms with Crippen molar-refractivity contribution >= 4 is 34.7 Å². The molecule has 0 spiro atoms. The van der Waals surface area contributed by atoms with Gasteiger partial charge in [0, 0.05) is 23.2 Å². The molecule has 0 radical (unpaired) electrons. The van der Waals surface area contributed by atoms with Gasteiger partial charge in [0.1, 0.15) is 5.75 Å². The van der Waals surface area contributed by atoms with E-state index in [2.05, 4.69) is 10.2 Å². The molecule has 114 valence electrons. The van der Waals surface area contributed by atoms with Crippen molar-refractivity contribution in [2.45, 2.75) is 10.9 Å². The summed E-state index contributed by atoms with van der Waals surface area (Å²) < 4.78 is 7.99. The van der Waals surface area contributed by atoms with E-state index in [0.717, 1.165) is 32.4 Å². The van der Waals surface area contributed by atoms with E-state index in [1.165, 1.54) is 4.88 Å². The number of hydrogen-bond acceptors (Lipinski definition) is 5. The Labute approximate surface area is 142 Å². The van der Waals surface area contributed by atoms with E-state index in [1.54, 1.807) is 30.2 Å². The van der Waals surface area contributed by atoms with Crippen LogP contribution in [0.2, 0.25) is 4.34 Å². The Hall–Kier alpha value is -1.50. The topological polar surface area (TPSA) is 39.9 Å². The van der Waals surface area contributed by atoms with Gasteiger partial charge in [-0.15, -0.1) is 21.5 Å². The molecule has 0 saturated carbocycles. The quantitative estimate of drug-likeness (QED) is 0.634. The maximum absolute atomic E-state index is 5.95. The molecule has 2 heterocycles. The molecule has 0 aliphatic heterocycles. The number of benzene rings is 1. The predicted molar refractivity (Wildman–Crippen MR) is 91.9 cm³/mol. The maximum Gasteiger partial charge on any atom is 0.191 e. The SMILES string of the molecule is COc1ccc(-c2nnc(SCc3ccc(Cl)s3)n2C)cc1. The van der Waals surface area contributed by atoms with Crippen LogP contribution in [0.1, 0.15) is 4.88 Å². The van der Waals surface area contributed by atoms with Crippen LogP contribution < -0.4 is 4.74 Å². The van der Waals surface area contributed by atoms with Crippen molar-refractivity contribution in [1.29, 1.82) is 0 Å². The van der Waals surface area contributed by atoms with Gasteiger partial charge in [-0.2, -0.15) is 0 Å². The van der Waals surface area contributed by atoms with Crippen molar-refractivity contribution < 1.29 is 4.74 Å². The van der Waals surface area contributed by atoms with Gasteiger partial charge in [-0.25, -0.2) is 0 Å². The lowest BCUT2D eigenvalue weighted by Gasteiger charge is -2.04. The summed E-state index contributed by atoms with van der Waals surface area (Å²) in [5.41, 5.74) is 1.02. The third-order valence-electron chi connectivity index (χ3n) is 3.16. The van der Waals surface area contributed by atoms with Gasteiger partial charge in [-0.05, 0) is 36.4 Å². The molecule has 0 aliphatic rings. The van der Waals surface area contributed by atoms with E-state index in [9.17, 15) is 0 Å². The molecule has 7 heteroatoms. The minimum Gasteiger partial charge on any atom is -0.497 e. The minimum absolute atomic E-state index is 0.812.